The van der Waals surface area contributed by atoms with Crippen LogP contribution in [0.15, 0.2) is 53.5 Å². The zero-order chi connectivity index (χ0) is 27.8. The molecule has 0 bridgehead atoms. The number of fused-ring (bicyclic) bond motifs is 2. The van der Waals surface area contributed by atoms with E-state index in [-0.39, 0.29) is 36.6 Å². The first-order valence-corrected chi connectivity index (χ1v) is 14.3. The van der Waals surface area contributed by atoms with Crippen LogP contribution in [0.25, 0.3) is 11.1 Å². The molecule has 0 spiro atoms. The summed E-state index contributed by atoms with van der Waals surface area (Å²) in [6, 6.07) is 15.0. The second-order valence-electron chi connectivity index (χ2n) is 10.7. The molecule has 0 saturated carbocycles. The lowest BCUT2D eigenvalue weighted by Gasteiger charge is -2.19. The molecule has 2 N–H and O–H groups in total. The van der Waals surface area contributed by atoms with E-state index in [1.807, 2.05) is 43.3 Å². The average molecular weight is 566 g/mol. The van der Waals surface area contributed by atoms with Crippen LogP contribution in [0.3, 0.4) is 0 Å². The summed E-state index contributed by atoms with van der Waals surface area (Å²) in [5.74, 6) is 1.29. The molecule has 3 aromatic rings. The van der Waals surface area contributed by atoms with Gasteiger partial charge >= 0.3 is 0 Å². The first kappa shape index (κ1) is 27.1. The molecule has 1 aromatic heterocycles. The Hall–Kier alpha value is -3.04. The lowest BCUT2D eigenvalue weighted by atomic mass is 9.99. The van der Waals surface area contributed by atoms with Crippen molar-refractivity contribution in [1.29, 1.82) is 0 Å². The zero-order valence-electron chi connectivity index (χ0n) is 22.6. The molecule has 0 amide bonds. The number of aliphatic hydroxyl groups is 1. The number of benzene rings is 2. The van der Waals surface area contributed by atoms with Gasteiger partial charge in [0.15, 0.2) is 0 Å². The van der Waals surface area contributed by atoms with Crippen LogP contribution in [0.4, 0.5) is 10.2 Å². The van der Waals surface area contributed by atoms with Crippen LogP contribution >= 0.6 is 11.6 Å². The number of pyridine rings is 1. The highest BCUT2D eigenvalue weighted by molar-refractivity contribution is 6.32. The molecular weight excluding hydrogens is 533 g/mol. The van der Waals surface area contributed by atoms with Gasteiger partial charge in [-0.3, -0.25) is 4.99 Å². The molecule has 6 rings (SSSR count). The van der Waals surface area contributed by atoms with Crippen molar-refractivity contribution in [3.63, 3.8) is 0 Å². The van der Waals surface area contributed by atoms with Crippen molar-refractivity contribution in [2.45, 2.75) is 70.0 Å². The van der Waals surface area contributed by atoms with Crippen molar-refractivity contribution in [2.24, 2.45) is 4.99 Å². The molecule has 5 atom stereocenters. The molecule has 2 aliphatic heterocycles. The molecule has 1 aliphatic carbocycles. The number of hydrogen-bond acceptors (Lipinski definition) is 6. The number of halogens is 2. The smallest absolute Gasteiger partial charge is 0.235 e. The molecule has 2 aromatic carbocycles. The van der Waals surface area contributed by atoms with E-state index in [0.717, 1.165) is 34.5 Å². The number of nitrogens with zero attached hydrogens (tertiary/aromatic N) is 2. The third kappa shape index (κ3) is 5.33. The van der Waals surface area contributed by atoms with Gasteiger partial charge in [-0.15, -0.1) is 0 Å². The van der Waals surface area contributed by atoms with Crippen molar-refractivity contribution >= 4 is 23.3 Å². The molecule has 40 heavy (non-hydrogen) atoms. The number of aryl methyl sites for hydroxylation is 2. The number of ether oxygens (including phenoxy) is 3. The Morgan fingerprint density at radius 3 is 2.75 bits per heavy atom. The number of nitrogens with one attached hydrogen (secondary N) is 1. The van der Waals surface area contributed by atoms with E-state index < -0.39 is 12.2 Å². The molecular formula is C31H33ClFN3O4. The van der Waals surface area contributed by atoms with Crippen molar-refractivity contribution in [1.82, 2.24) is 4.98 Å². The third-order valence-corrected chi connectivity index (χ3v) is 8.05. The van der Waals surface area contributed by atoms with E-state index >= 15 is 4.39 Å². The Morgan fingerprint density at radius 2 is 1.95 bits per heavy atom. The summed E-state index contributed by atoms with van der Waals surface area (Å²) < 4.78 is 33.2. The summed E-state index contributed by atoms with van der Waals surface area (Å²) in [6.07, 6.45) is 1.20. The van der Waals surface area contributed by atoms with Crippen LogP contribution in [-0.4, -0.2) is 53.5 Å². The van der Waals surface area contributed by atoms with Crippen LogP contribution in [0.5, 0.6) is 5.88 Å². The summed E-state index contributed by atoms with van der Waals surface area (Å²) >= 11 is 6.57. The number of hydrogen-bond donors (Lipinski definition) is 2. The fraction of sp³-hybridized carbons (Fsp3) is 0.419. The maximum atomic E-state index is 15.4. The first-order valence-electron chi connectivity index (χ1n) is 13.9. The normalized spacial score (nSPS) is 25.6. The molecule has 2 fully saturated rings. The second kappa shape index (κ2) is 11.4. The molecule has 210 valence electrons. The minimum atomic E-state index is -0.622. The van der Waals surface area contributed by atoms with E-state index in [1.54, 1.807) is 12.1 Å². The van der Waals surface area contributed by atoms with Crippen LogP contribution in [0.1, 0.15) is 49.0 Å². The minimum absolute atomic E-state index is 0.210. The monoisotopic (exact) mass is 565 g/mol. The SMILES string of the molecule is CCCC(=NC1CO[C@@H]2C(O)CO[C@H]12)Nc1nc(OC2CCc3cc(-c4ccccc4)cc(F)c32)c(Cl)cc1C. The third-order valence-electron chi connectivity index (χ3n) is 7.78. The number of aliphatic imine (C=N–C) groups is 1. The van der Waals surface area contributed by atoms with Gasteiger partial charge in [-0.25, -0.2) is 4.39 Å². The standard InChI is InChI=1S/C31H33ClFN3O4/c1-3-7-26(34-23-15-38-29-24(37)16-39-28(23)29)35-30-17(2)12-21(32)31(36-30)40-25-11-10-19-13-20(14-22(33)27(19)25)18-8-5-4-6-9-18/h4-6,8-9,12-14,23-25,28-29,37H,3,7,10-11,15-16H2,1-2H3,(H,34,35,36)/t23?,24?,25?,28-,29-/m1/s1. The lowest BCUT2D eigenvalue weighted by molar-refractivity contribution is 0.0183. The molecule has 7 nitrogen and oxygen atoms in total. The molecule has 2 saturated heterocycles. The first-order chi connectivity index (χ1) is 19.4. The highest BCUT2D eigenvalue weighted by Crippen LogP contribution is 2.41. The lowest BCUT2D eigenvalue weighted by Crippen LogP contribution is -2.31. The Balaban J connectivity index is 1.23. The summed E-state index contributed by atoms with van der Waals surface area (Å²) in [7, 11) is 0. The predicted molar refractivity (Wildman–Crippen MR) is 153 cm³/mol. The largest absolute Gasteiger partial charge is 0.468 e. The van der Waals surface area contributed by atoms with Crippen LogP contribution in [-0.2, 0) is 15.9 Å². The highest BCUT2D eigenvalue weighted by Gasteiger charge is 2.47. The van der Waals surface area contributed by atoms with Gasteiger partial charge in [0.2, 0.25) is 5.88 Å². The number of aliphatic hydroxyl groups excluding tert-OH is 1. The number of aromatic nitrogens is 1. The Kier molecular flexibility index (Phi) is 7.77. The van der Waals surface area contributed by atoms with Gasteiger partial charge in [0.05, 0.1) is 13.2 Å². The van der Waals surface area contributed by atoms with E-state index in [2.05, 4.69) is 12.2 Å². The van der Waals surface area contributed by atoms with E-state index in [0.29, 0.717) is 42.3 Å². The van der Waals surface area contributed by atoms with E-state index in [1.165, 1.54) is 0 Å². The molecule has 3 aliphatic rings. The maximum absolute atomic E-state index is 15.4. The van der Waals surface area contributed by atoms with Crippen molar-refractivity contribution < 1.29 is 23.7 Å². The number of rotatable bonds is 7. The van der Waals surface area contributed by atoms with Gasteiger partial charge in [-0.05, 0) is 60.6 Å². The van der Waals surface area contributed by atoms with E-state index in [4.69, 9.17) is 35.8 Å². The molecule has 0 radical (unpaired) electrons. The van der Waals surface area contributed by atoms with Crippen LogP contribution < -0.4 is 10.1 Å². The van der Waals surface area contributed by atoms with E-state index in [9.17, 15) is 5.11 Å². The minimum Gasteiger partial charge on any atom is -0.468 e. The summed E-state index contributed by atoms with van der Waals surface area (Å²) in [6.45, 7) is 4.64. The topological polar surface area (TPSA) is 85.2 Å². The maximum Gasteiger partial charge on any atom is 0.235 e. The quantitative estimate of drug-likeness (QED) is 0.268. The molecule has 3 heterocycles. The Morgan fingerprint density at radius 1 is 1.15 bits per heavy atom. The van der Waals surface area contributed by atoms with Gasteiger partial charge < -0.3 is 24.6 Å². The van der Waals surface area contributed by atoms with Gasteiger partial charge in [0.25, 0.3) is 0 Å². The molecule has 3 unspecified atom stereocenters. The number of amidine groups is 1. The van der Waals surface area contributed by atoms with Gasteiger partial charge in [-0.2, -0.15) is 4.98 Å². The summed E-state index contributed by atoms with van der Waals surface area (Å²) in [5, 5.41) is 13.8. The van der Waals surface area contributed by atoms with Crippen molar-refractivity contribution in [2.75, 3.05) is 18.5 Å². The highest BCUT2D eigenvalue weighted by atomic mass is 35.5. The average Bonchev–Trinajstić information content (AvgIpc) is 3.64. The van der Waals surface area contributed by atoms with Gasteiger partial charge in [-0.1, -0.05) is 54.9 Å². The Bertz CT molecular complexity index is 1420. The van der Waals surface area contributed by atoms with Crippen molar-refractivity contribution in [3.05, 3.63) is 76.1 Å². The zero-order valence-corrected chi connectivity index (χ0v) is 23.3. The van der Waals surface area contributed by atoms with Gasteiger partial charge in [0.1, 0.15) is 53.0 Å². The number of anilines is 1. The fourth-order valence-corrected chi connectivity index (χ4v) is 6.05. The van der Waals surface area contributed by atoms with Crippen LogP contribution in [0, 0.1) is 12.7 Å². The van der Waals surface area contributed by atoms with Crippen molar-refractivity contribution in [3.8, 4) is 17.0 Å². The fourth-order valence-electron chi connectivity index (χ4n) is 5.80. The summed E-state index contributed by atoms with van der Waals surface area (Å²) in [5.41, 5.74) is 4.18. The second-order valence-corrected chi connectivity index (χ2v) is 11.1. The predicted octanol–water partition coefficient (Wildman–Crippen LogP) is 6.05. The van der Waals surface area contributed by atoms with Gasteiger partial charge in [0, 0.05) is 12.0 Å². The molecule has 9 heteroatoms. The summed E-state index contributed by atoms with van der Waals surface area (Å²) in [4.78, 5) is 9.60. The van der Waals surface area contributed by atoms with Crippen LogP contribution in [0.2, 0.25) is 5.02 Å². The Labute approximate surface area is 238 Å².